The summed E-state index contributed by atoms with van der Waals surface area (Å²) in [6.07, 6.45) is 4.26. The Labute approximate surface area is 111 Å². The molecule has 0 radical (unpaired) electrons. The van der Waals surface area contributed by atoms with E-state index in [0.29, 0.717) is 11.8 Å². The van der Waals surface area contributed by atoms with Gasteiger partial charge >= 0.3 is 0 Å². The zero-order valence-electron chi connectivity index (χ0n) is 12.2. The van der Waals surface area contributed by atoms with Crippen LogP contribution < -0.4 is 0 Å². The molecule has 0 aromatic heterocycles. The highest BCUT2D eigenvalue weighted by Gasteiger charge is 2.37. The third kappa shape index (κ3) is 2.61. The molecule has 18 heavy (non-hydrogen) atoms. The third-order valence-corrected chi connectivity index (χ3v) is 4.59. The average molecular weight is 246 g/mol. The Kier molecular flexibility index (Phi) is 3.82. The van der Waals surface area contributed by atoms with Crippen LogP contribution in [0.25, 0.3) is 0 Å². The first-order chi connectivity index (χ1) is 8.42. The second-order valence-corrected chi connectivity index (χ2v) is 6.45. The molecular weight excluding hydrogens is 220 g/mol. The highest BCUT2D eigenvalue weighted by molar-refractivity contribution is 5.35. The van der Waals surface area contributed by atoms with E-state index >= 15 is 0 Å². The van der Waals surface area contributed by atoms with Gasteiger partial charge in [0.2, 0.25) is 0 Å². The summed E-state index contributed by atoms with van der Waals surface area (Å²) >= 11 is 0. The van der Waals surface area contributed by atoms with Gasteiger partial charge in [-0.3, -0.25) is 0 Å². The second-order valence-electron chi connectivity index (χ2n) is 6.45. The van der Waals surface area contributed by atoms with E-state index in [1.807, 2.05) is 0 Å². The molecule has 0 heterocycles. The molecule has 1 heteroatoms. The molecule has 1 aliphatic carbocycles. The lowest BCUT2D eigenvalue weighted by Gasteiger charge is -2.39. The van der Waals surface area contributed by atoms with Crippen molar-refractivity contribution in [1.82, 2.24) is 0 Å². The minimum Gasteiger partial charge on any atom is -0.385 e. The summed E-state index contributed by atoms with van der Waals surface area (Å²) in [7, 11) is 0. The molecule has 1 aliphatic rings. The minimum absolute atomic E-state index is 0.592. The fourth-order valence-electron chi connectivity index (χ4n) is 3.44. The van der Waals surface area contributed by atoms with Crippen LogP contribution in [0.3, 0.4) is 0 Å². The molecule has 0 amide bonds. The molecule has 2 unspecified atom stereocenters. The molecule has 1 nitrogen and oxygen atoms in total. The van der Waals surface area contributed by atoms with Gasteiger partial charge in [-0.2, -0.15) is 0 Å². The number of aliphatic hydroxyl groups is 1. The topological polar surface area (TPSA) is 20.2 Å². The SMILES string of the molecule is Cc1ccc(C2(O)CCCC(C(C)C)C2)c(C)c1. The molecule has 100 valence electrons. The maximum absolute atomic E-state index is 11.0. The minimum atomic E-state index is -0.592. The number of benzene rings is 1. The van der Waals surface area contributed by atoms with E-state index in [9.17, 15) is 5.11 Å². The molecule has 1 N–H and O–H groups in total. The van der Waals surface area contributed by atoms with Crippen molar-refractivity contribution < 1.29 is 5.11 Å². The van der Waals surface area contributed by atoms with Crippen LogP contribution in [0.15, 0.2) is 18.2 Å². The Hall–Kier alpha value is -0.820. The molecule has 1 saturated carbocycles. The standard InChI is InChI=1S/C17H26O/c1-12(2)15-6-5-9-17(18,11-15)16-8-7-13(3)10-14(16)4/h7-8,10,12,15,18H,5-6,9,11H2,1-4H3. The van der Waals surface area contributed by atoms with Crippen molar-refractivity contribution in [3.05, 3.63) is 34.9 Å². The van der Waals surface area contributed by atoms with Crippen LogP contribution in [-0.4, -0.2) is 5.11 Å². The fourth-order valence-corrected chi connectivity index (χ4v) is 3.44. The summed E-state index contributed by atoms with van der Waals surface area (Å²) in [6.45, 7) is 8.79. The zero-order valence-corrected chi connectivity index (χ0v) is 12.2. The number of hydrogen-bond acceptors (Lipinski definition) is 1. The van der Waals surface area contributed by atoms with Gasteiger partial charge in [0.1, 0.15) is 0 Å². The highest BCUT2D eigenvalue weighted by Crippen LogP contribution is 2.43. The Morgan fingerprint density at radius 1 is 1.28 bits per heavy atom. The van der Waals surface area contributed by atoms with Crippen LogP contribution in [0.1, 0.15) is 56.2 Å². The monoisotopic (exact) mass is 246 g/mol. The van der Waals surface area contributed by atoms with E-state index in [-0.39, 0.29) is 0 Å². The zero-order chi connectivity index (χ0) is 13.3. The predicted molar refractivity (Wildman–Crippen MR) is 76.6 cm³/mol. The van der Waals surface area contributed by atoms with Gasteiger partial charge in [-0.15, -0.1) is 0 Å². The first kappa shape index (κ1) is 13.6. The average Bonchev–Trinajstić information content (AvgIpc) is 2.28. The van der Waals surface area contributed by atoms with Crippen LogP contribution >= 0.6 is 0 Å². The number of aryl methyl sites for hydroxylation is 2. The largest absolute Gasteiger partial charge is 0.385 e. The smallest absolute Gasteiger partial charge is 0.0901 e. The van der Waals surface area contributed by atoms with Crippen LogP contribution in [-0.2, 0) is 5.60 Å². The van der Waals surface area contributed by atoms with Gasteiger partial charge in [0.25, 0.3) is 0 Å². The Bertz CT molecular complexity index is 422. The molecule has 1 aromatic rings. The van der Waals surface area contributed by atoms with Crippen molar-refractivity contribution in [3.8, 4) is 0 Å². The fraction of sp³-hybridized carbons (Fsp3) is 0.647. The molecule has 2 rings (SSSR count). The normalized spacial score (nSPS) is 28.7. The Morgan fingerprint density at radius 3 is 2.61 bits per heavy atom. The van der Waals surface area contributed by atoms with Gasteiger partial charge < -0.3 is 5.11 Å². The summed E-state index contributed by atoms with van der Waals surface area (Å²) in [5.41, 5.74) is 3.07. The van der Waals surface area contributed by atoms with Crippen LogP contribution in [0.5, 0.6) is 0 Å². The lowest BCUT2D eigenvalue weighted by Crippen LogP contribution is -2.35. The first-order valence-corrected chi connectivity index (χ1v) is 7.22. The second kappa shape index (κ2) is 5.05. The lowest BCUT2D eigenvalue weighted by molar-refractivity contribution is -0.0300. The van der Waals surface area contributed by atoms with E-state index < -0.39 is 5.60 Å². The maximum Gasteiger partial charge on any atom is 0.0901 e. The van der Waals surface area contributed by atoms with Crippen molar-refractivity contribution in [2.24, 2.45) is 11.8 Å². The molecule has 0 aliphatic heterocycles. The van der Waals surface area contributed by atoms with Crippen LogP contribution in [0.2, 0.25) is 0 Å². The summed E-state index contributed by atoms with van der Waals surface area (Å²) < 4.78 is 0. The quantitative estimate of drug-likeness (QED) is 0.823. The number of hydrogen-bond donors (Lipinski definition) is 1. The van der Waals surface area contributed by atoms with E-state index in [2.05, 4.69) is 45.9 Å². The van der Waals surface area contributed by atoms with Crippen molar-refractivity contribution in [2.75, 3.05) is 0 Å². The van der Waals surface area contributed by atoms with Crippen LogP contribution in [0.4, 0.5) is 0 Å². The molecular formula is C17H26O. The van der Waals surface area contributed by atoms with Gasteiger partial charge in [0, 0.05) is 0 Å². The highest BCUT2D eigenvalue weighted by atomic mass is 16.3. The summed E-state index contributed by atoms with van der Waals surface area (Å²) in [6, 6.07) is 6.44. The summed E-state index contributed by atoms with van der Waals surface area (Å²) in [5.74, 6) is 1.33. The molecule has 0 saturated heterocycles. The predicted octanol–water partition coefficient (Wildman–Crippen LogP) is 4.34. The van der Waals surface area contributed by atoms with Crippen molar-refractivity contribution in [1.29, 1.82) is 0 Å². The summed E-state index contributed by atoms with van der Waals surface area (Å²) in [5, 5.41) is 11.0. The number of rotatable bonds is 2. The van der Waals surface area contributed by atoms with E-state index in [1.165, 1.54) is 17.5 Å². The summed E-state index contributed by atoms with van der Waals surface area (Å²) in [4.78, 5) is 0. The molecule has 2 atom stereocenters. The van der Waals surface area contributed by atoms with Gasteiger partial charge in [0.15, 0.2) is 0 Å². The van der Waals surface area contributed by atoms with E-state index in [0.717, 1.165) is 24.8 Å². The van der Waals surface area contributed by atoms with Gasteiger partial charge in [0.05, 0.1) is 5.60 Å². The van der Waals surface area contributed by atoms with E-state index in [4.69, 9.17) is 0 Å². The van der Waals surface area contributed by atoms with Crippen molar-refractivity contribution in [2.45, 2.75) is 59.0 Å². The molecule has 0 bridgehead atoms. The van der Waals surface area contributed by atoms with Crippen molar-refractivity contribution >= 4 is 0 Å². The Morgan fingerprint density at radius 2 is 2.00 bits per heavy atom. The lowest BCUT2D eigenvalue weighted by atomic mass is 9.70. The maximum atomic E-state index is 11.0. The molecule has 0 spiro atoms. The molecule has 1 fully saturated rings. The van der Waals surface area contributed by atoms with Gasteiger partial charge in [-0.05, 0) is 62.5 Å². The molecule has 1 aromatic carbocycles. The van der Waals surface area contributed by atoms with Gasteiger partial charge in [-0.25, -0.2) is 0 Å². The third-order valence-electron chi connectivity index (χ3n) is 4.59. The van der Waals surface area contributed by atoms with Crippen LogP contribution in [0, 0.1) is 25.7 Å². The van der Waals surface area contributed by atoms with Gasteiger partial charge in [-0.1, -0.05) is 37.6 Å². The Balaban J connectivity index is 2.29. The van der Waals surface area contributed by atoms with Crippen molar-refractivity contribution in [3.63, 3.8) is 0 Å². The van der Waals surface area contributed by atoms with E-state index in [1.54, 1.807) is 0 Å². The first-order valence-electron chi connectivity index (χ1n) is 7.22.